The molecule has 1 aromatic rings. The molecule has 17 heavy (non-hydrogen) atoms. The van der Waals surface area contributed by atoms with E-state index in [-0.39, 0.29) is 5.91 Å². The lowest BCUT2D eigenvalue weighted by Crippen LogP contribution is -2.58. The van der Waals surface area contributed by atoms with Gasteiger partial charge in [0.15, 0.2) is 0 Å². The Morgan fingerprint density at radius 1 is 1.65 bits per heavy atom. The highest BCUT2D eigenvalue weighted by Gasteiger charge is 2.46. The Bertz CT molecular complexity index is 412. The highest BCUT2D eigenvalue weighted by Crippen LogP contribution is 2.30. The summed E-state index contributed by atoms with van der Waals surface area (Å²) in [4.78, 5) is 15.1. The Balaban J connectivity index is 2.00. The molecule has 2 N–H and O–H groups in total. The maximum absolute atomic E-state index is 12.2. The minimum absolute atomic E-state index is 0.0794. The zero-order valence-corrected chi connectivity index (χ0v) is 12.0. The third-order valence-corrected chi connectivity index (χ3v) is 4.58. The number of rotatable bonds is 4. The fraction of sp³-hybridized carbons (Fsp3) is 0.545. The second kappa shape index (κ2) is 5.06. The zero-order valence-electron chi connectivity index (χ0n) is 9.61. The van der Waals surface area contributed by atoms with E-state index in [2.05, 4.69) is 15.9 Å². The number of thiophene rings is 1. The maximum Gasteiger partial charge on any atom is 0.234 e. The molecule has 1 amide bonds. The van der Waals surface area contributed by atoms with Crippen LogP contribution in [0.15, 0.2) is 15.9 Å². The Kier molecular flexibility index (Phi) is 3.87. The molecule has 1 saturated heterocycles. The van der Waals surface area contributed by atoms with Gasteiger partial charge in [-0.15, -0.1) is 11.3 Å². The van der Waals surface area contributed by atoms with Crippen molar-refractivity contribution in [1.29, 1.82) is 0 Å². The van der Waals surface area contributed by atoms with Crippen LogP contribution in [0.3, 0.4) is 0 Å². The van der Waals surface area contributed by atoms with E-state index >= 15 is 0 Å². The maximum atomic E-state index is 12.2. The van der Waals surface area contributed by atoms with Crippen molar-refractivity contribution < 1.29 is 9.53 Å². The molecule has 1 aliphatic rings. The van der Waals surface area contributed by atoms with Crippen LogP contribution < -0.4 is 5.73 Å². The summed E-state index contributed by atoms with van der Waals surface area (Å²) in [5.74, 6) is 0.0794. The molecule has 0 atom stereocenters. The Labute approximate surface area is 113 Å². The van der Waals surface area contributed by atoms with Crippen LogP contribution in [0.25, 0.3) is 0 Å². The fourth-order valence-electron chi connectivity index (χ4n) is 1.82. The van der Waals surface area contributed by atoms with Gasteiger partial charge in [0.1, 0.15) is 5.41 Å². The van der Waals surface area contributed by atoms with E-state index in [1.807, 2.05) is 19.2 Å². The number of carbonyl (C=O) groups excluding carboxylic acids is 1. The number of carbonyl (C=O) groups is 1. The average molecular weight is 319 g/mol. The summed E-state index contributed by atoms with van der Waals surface area (Å²) in [5.41, 5.74) is 5.19. The first kappa shape index (κ1) is 13.0. The molecule has 1 fully saturated rings. The molecule has 0 saturated carbocycles. The van der Waals surface area contributed by atoms with Gasteiger partial charge in [0.2, 0.25) is 5.91 Å². The number of nitrogens with zero attached hydrogens (tertiary/aromatic N) is 1. The minimum atomic E-state index is -0.483. The van der Waals surface area contributed by atoms with Gasteiger partial charge in [0, 0.05) is 18.5 Å². The van der Waals surface area contributed by atoms with E-state index in [1.54, 1.807) is 16.2 Å². The third kappa shape index (κ3) is 2.54. The molecule has 0 aliphatic carbocycles. The lowest BCUT2D eigenvalue weighted by Gasteiger charge is -2.41. The molecule has 2 heterocycles. The largest absolute Gasteiger partial charge is 0.379 e. The first-order valence-corrected chi connectivity index (χ1v) is 6.96. The predicted molar refractivity (Wildman–Crippen MR) is 70.8 cm³/mol. The third-order valence-electron chi connectivity index (χ3n) is 2.97. The number of ether oxygens (including phenoxy) is 1. The topological polar surface area (TPSA) is 55.6 Å². The molecule has 0 spiro atoms. The van der Waals surface area contributed by atoms with Crippen LogP contribution in [0.1, 0.15) is 4.88 Å². The molecule has 2 rings (SSSR count). The van der Waals surface area contributed by atoms with Crippen molar-refractivity contribution in [1.82, 2.24) is 4.90 Å². The molecule has 1 aliphatic heterocycles. The van der Waals surface area contributed by atoms with Gasteiger partial charge in [0.25, 0.3) is 0 Å². The summed E-state index contributed by atoms with van der Waals surface area (Å²) in [7, 11) is 1.81. The predicted octanol–water partition coefficient (Wildman–Crippen LogP) is 1.44. The van der Waals surface area contributed by atoms with Crippen LogP contribution in [0.4, 0.5) is 0 Å². The van der Waals surface area contributed by atoms with Gasteiger partial charge in [-0.05, 0) is 28.1 Å². The minimum Gasteiger partial charge on any atom is -0.379 e. The van der Waals surface area contributed by atoms with Crippen LogP contribution in [0.2, 0.25) is 0 Å². The van der Waals surface area contributed by atoms with E-state index in [9.17, 15) is 4.79 Å². The van der Waals surface area contributed by atoms with Crippen molar-refractivity contribution in [3.63, 3.8) is 0 Å². The van der Waals surface area contributed by atoms with Crippen molar-refractivity contribution in [2.75, 3.05) is 26.8 Å². The average Bonchev–Trinajstić information content (AvgIpc) is 2.63. The molecular formula is C11H15BrN2O2S. The van der Waals surface area contributed by atoms with Crippen molar-refractivity contribution in [2.45, 2.75) is 6.54 Å². The van der Waals surface area contributed by atoms with Gasteiger partial charge in [-0.2, -0.15) is 0 Å². The first-order valence-electron chi connectivity index (χ1n) is 5.35. The van der Waals surface area contributed by atoms with Crippen molar-refractivity contribution in [3.8, 4) is 0 Å². The van der Waals surface area contributed by atoms with Crippen LogP contribution in [-0.2, 0) is 16.1 Å². The smallest absolute Gasteiger partial charge is 0.234 e. The lowest BCUT2D eigenvalue weighted by molar-refractivity contribution is -0.169. The Morgan fingerprint density at radius 3 is 2.76 bits per heavy atom. The fourth-order valence-corrected chi connectivity index (χ4v) is 3.36. The van der Waals surface area contributed by atoms with E-state index in [4.69, 9.17) is 10.5 Å². The van der Waals surface area contributed by atoms with Crippen LogP contribution in [-0.4, -0.2) is 37.6 Å². The van der Waals surface area contributed by atoms with E-state index < -0.39 is 5.41 Å². The zero-order chi connectivity index (χ0) is 12.5. The number of nitrogens with two attached hydrogens (primary N) is 1. The standard InChI is InChI=1S/C11H15BrN2O2S/c1-14(4-8-2-3-9(12)17-8)10(15)11(5-13)6-16-7-11/h2-3H,4-7,13H2,1H3. The summed E-state index contributed by atoms with van der Waals surface area (Å²) in [6.07, 6.45) is 0. The Morgan fingerprint density at radius 2 is 2.35 bits per heavy atom. The SMILES string of the molecule is CN(Cc1ccc(Br)s1)C(=O)C1(CN)COC1. The van der Waals surface area contributed by atoms with Gasteiger partial charge >= 0.3 is 0 Å². The summed E-state index contributed by atoms with van der Waals surface area (Å²) in [6.45, 7) is 1.86. The molecular weight excluding hydrogens is 304 g/mol. The highest BCUT2D eigenvalue weighted by atomic mass is 79.9. The monoisotopic (exact) mass is 318 g/mol. The van der Waals surface area contributed by atoms with Gasteiger partial charge in [0.05, 0.1) is 23.5 Å². The normalized spacial score (nSPS) is 17.6. The molecule has 0 aromatic carbocycles. The number of hydrogen-bond acceptors (Lipinski definition) is 4. The number of hydrogen-bond donors (Lipinski definition) is 1. The Hall–Kier alpha value is -0.430. The second-order valence-electron chi connectivity index (χ2n) is 4.34. The van der Waals surface area contributed by atoms with Crippen molar-refractivity contribution >= 4 is 33.2 Å². The van der Waals surface area contributed by atoms with Crippen LogP contribution in [0, 0.1) is 5.41 Å². The molecule has 0 unspecified atom stereocenters. The summed E-state index contributed by atoms with van der Waals surface area (Å²) in [5, 5.41) is 0. The van der Waals surface area contributed by atoms with Crippen molar-refractivity contribution in [3.05, 3.63) is 20.8 Å². The molecule has 0 bridgehead atoms. The highest BCUT2D eigenvalue weighted by molar-refractivity contribution is 9.11. The summed E-state index contributed by atoms with van der Waals surface area (Å²) in [6, 6.07) is 4.01. The van der Waals surface area contributed by atoms with Gasteiger partial charge in [-0.1, -0.05) is 0 Å². The summed E-state index contributed by atoms with van der Waals surface area (Å²) < 4.78 is 6.20. The number of amides is 1. The quantitative estimate of drug-likeness (QED) is 0.914. The van der Waals surface area contributed by atoms with E-state index in [0.29, 0.717) is 26.3 Å². The van der Waals surface area contributed by atoms with Gasteiger partial charge in [-0.3, -0.25) is 4.79 Å². The van der Waals surface area contributed by atoms with Crippen molar-refractivity contribution in [2.24, 2.45) is 11.1 Å². The van der Waals surface area contributed by atoms with Gasteiger partial charge in [-0.25, -0.2) is 0 Å². The summed E-state index contributed by atoms with van der Waals surface area (Å²) >= 11 is 5.05. The first-order chi connectivity index (χ1) is 8.07. The van der Waals surface area contributed by atoms with Gasteiger partial charge < -0.3 is 15.4 Å². The number of halogens is 1. The van der Waals surface area contributed by atoms with Crippen LogP contribution >= 0.6 is 27.3 Å². The molecule has 4 nitrogen and oxygen atoms in total. The lowest BCUT2D eigenvalue weighted by atomic mass is 9.84. The molecule has 6 heteroatoms. The molecule has 1 aromatic heterocycles. The second-order valence-corrected chi connectivity index (χ2v) is 6.89. The van der Waals surface area contributed by atoms with E-state index in [0.717, 1.165) is 8.66 Å². The molecule has 94 valence electrons. The molecule has 0 radical (unpaired) electrons. The van der Waals surface area contributed by atoms with E-state index in [1.165, 1.54) is 0 Å². The van der Waals surface area contributed by atoms with Crippen LogP contribution in [0.5, 0.6) is 0 Å².